The minimum absolute atomic E-state index is 0.233. The number of nitrogens with zero attached hydrogens (tertiary/aromatic N) is 2. The number of anilines is 1. The predicted molar refractivity (Wildman–Crippen MR) is 81.9 cm³/mol. The summed E-state index contributed by atoms with van der Waals surface area (Å²) in [6.07, 6.45) is 5.87. The molecule has 0 aliphatic heterocycles. The molecule has 3 rings (SSSR count). The molecule has 110 valence electrons. The van der Waals surface area contributed by atoms with Crippen LogP contribution in [0.3, 0.4) is 0 Å². The molecule has 0 spiro atoms. The molecule has 3 atom stereocenters. The van der Waals surface area contributed by atoms with Gasteiger partial charge in [0.2, 0.25) is 5.88 Å². The Labute approximate surface area is 124 Å². The number of thioether (sulfide) groups is 1. The molecule has 2 N–H and O–H groups in total. The fourth-order valence-corrected chi connectivity index (χ4v) is 4.40. The summed E-state index contributed by atoms with van der Waals surface area (Å²) in [5.41, 5.74) is 6.41. The molecule has 2 aliphatic rings. The number of fused-ring (bicyclic) bond motifs is 2. The molecule has 2 bridgehead atoms. The van der Waals surface area contributed by atoms with E-state index < -0.39 is 0 Å². The van der Waals surface area contributed by atoms with Crippen LogP contribution in [0.25, 0.3) is 0 Å². The Morgan fingerprint density at radius 3 is 2.65 bits per heavy atom. The van der Waals surface area contributed by atoms with Crippen molar-refractivity contribution >= 4 is 17.6 Å². The summed E-state index contributed by atoms with van der Waals surface area (Å²) in [6.45, 7) is 7.13. The Morgan fingerprint density at radius 2 is 2.10 bits per heavy atom. The second-order valence-electron chi connectivity index (χ2n) is 6.83. The number of hydrogen-bond donors (Lipinski definition) is 1. The first kappa shape index (κ1) is 14.0. The van der Waals surface area contributed by atoms with Crippen LogP contribution in [-0.2, 0) is 0 Å². The third kappa shape index (κ3) is 1.90. The van der Waals surface area contributed by atoms with Gasteiger partial charge in [0.15, 0.2) is 5.16 Å². The van der Waals surface area contributed by atoms with E-state index in [0.29, 0.717) is 22.3 Å². The molecule has 2 aliphatic carbocycles. The third-order valence-electron chi connectivity index (χ3n) is 5.86. The summed E-state index contributed by atoms with van der Waals surface area (Å²) >= 11 is 1.49. The second kappa shape index (κ2) is 4.52. The highest BCUT2D eigenvalue weighted by Gasteiger charge is 2.62. The summed E-state index contributed by atoms with van der Waals surface area (Å²) in [6, 6.07) is 1.74. The van der Waals surface area contributed by atoms with Gasteiger partial charge in [-0.3, -0.25) is 0 Å². The van der Waals surface area contributed by atoms with Gasteiger partial charge in [0.05, 0.1) is 0 Å². The molecule has 2 saturated carbocycles. The zero-order chi connectivity index (χ0) is 14.5. The summed E-state index contributed by atoms with van der Waals surface area (Å²) in [7, 11) is 0. The minimum Gasteiger partial charge on any atom is -0.474 e. The van der Waals surface area contributed by atoms with E-state index in [1.807, 2.05) is 6.26 Å². The van der Waals surface area contributed by atoms with Crippen LogP contribution in [0.2, 0.25) is 0 Å². The average molecular weight is 293 g/mol. The van der Waals surface area contributed by atoms with Crippen LogP contribution in [0.5, 0.6) is 5.88 Å². The van der Waals surface area contributed by atoms with Crippen LogP contribution in [0, 0.1) is 16.7 Å². The van der Waals surface area contributed by atoms with Crippen molar-refractivity contribution in [3.8, 4) is 5.88 Å². The maximum atomic E-state index is 6.23. The van der Waals surface area contributed by atoms with Crippen LogP contribution in [0.15, 0.2) is 11.2 Å². The maximum Gasteiger partial charge on any atom is 0.219 e. The summed E-state index contributed by atoms with van der Waals surface area (Å²) in [5.74, 6) is 1.86. The van der Waals surface area contributed by atoms with Crippen LogP contribution in [0.4, 0.5) is 5.82 Å². The molecule has 1 heterocycles. The van der Waals surface area contributed by atoms with Gasteiger partial charge in [0.25, 0.3) is 0 Å². The second-order valence-corrected chi connectivity index (χ2v) is 7.61. The normalized spacial score (nSPS) is 34.4. The van der Waals surface area contributed by atoms with Crippen molar-refractivity contribution in [2.24, 2.45) is 16.7 Å². The van der Waals surface area contributed by atoms with E-state index in [2.05, 4.69) is 30.7 Å². The van der Waals surface area contributed by atoms with Crippen LogP contribution in [0.1, 0.15) is 40.0 Å². The Hall–Kier alpha value is -0.970. The maximum absolute atomic E-state index is 6.23. The first-order valence-electron chi connectivity index (χ1n) is 7.22. The van der Waals surface area contributed by atoms with Crippen LogP contribution < -0.4 is 10.5 Å². The van der Waals surface area contributed by atoms with Gasteiger partial charge in [-0.15, -0.1) is 0 Å². The van der Waals surface area contributed by atoms with Crippen molar-refractivity contribution in [1.82, 2.24) is 9.97 Å². The fraction of sp³-hybridized carbons (Fsp3) is 0.733. The molecule has 2 fully saturated rings. The minimum atomic E-state index is 0.233. The van der Waals surface area contributed by atoms with Gasteiger partial charge in [-0.05, 0) is 36.9 Å². The summed E-state index contributed by atoms with van der Waals surface area (Å²) < 4.78 is 6.23. The predicted octanol–water partition coefficient (Wildman–Crippen LogP) is 3.37. The molecule has 5 heteroatoms. The molecule has 0 amide bonds. The van der Waals surface area contributed by atoms with Crippen molar-refractivity contribution in [1.29, 1.82) is 0 Å². The Balaban J connectivity index is 1.85. The molecule has 3 unspecified atom stereocenters. The number of aromatic nitrogens is 2. The number of ether oxygens (including phenoxy) is 1. The highest BCUT2D eigenvalue weighted by atomic mass is 32.2. The molecule has 0 aromatic carbocycles. The average Bonchev–Trinajstić information content (AvgIpc) is 2.71. The van der Waals surface area contributed by atoms with Gasteiger partial charge in [-0.1, -0.05) is 32.5 Å². The zero-order valence-electron chi connectivity index (χ0n) is 12.6. The monoisotopic (exact) mass is 293 g/mol. The molecule has 0 saturated heterocycles. The lowest BCUT2D eigenvalue weighted by atomic mass is 9.70. The molecule has 4 nitrogen and oxygen atoms in total. The van der Waals surface area contributed by atoms with Crippen molar-refractivity contribution in [2.75, 3.05) is 12.0 Å². The van der Waals surface area contributed by atoms with Gasteiger partial charge in [0.1, 0.15) is 11.9 Å². The quantitative estimate of drug-likeness (QED) is 0.684. The van der Waals surface area contributed by atoms with Crippen molar-refractivity contribution in [2.45, 2.75) is 51.3 Å². The van der Waals surface area contributed by atoms with Crippen molar-refractivity contribution < 1.29 is 4.74 Å². The highest BCUT2D eigenvalue weighted by molar-refractivity contribution is 7.98. The van der Waals surface area contributed by atoms with E-state index in [9.17, 15) is 0 Å². The fourth-order valence-electron chi connectivity index (χ4n) is 4.03. The number of hydrogen-bond acceptors (Lipinski definition) is 5. The SMILES string of the molecule is CSc1nc(N)cc(OC2CC3CCC2(C)C3(C)C)n1. The standard InChI is InChI=1S/C15H23N3OS/c1-14(2)9-5-6-15(14,3)10(7-9)19-12-8-11(16)17-13(18-12)20-4/h8-10H,5-7H2,1-4H3,(H2,16,17,18). The van der Waals surface area contributed by atoms with E-state index >= 15 is 0 Å². The van der Waals surface area contributed by atoms with E-state index in [-0.39, 0.29) is 11.5 Å². The van der Waals surface area contributed by atoms with E-state index in [1.165, 1.54) is 24.6 Å². The molecule has 0 radical (unpaired) electrons. The molecular formula is C15H23N3OS. The first-order chi connectivity index (χ1) is 9.36. The van der Waals surface area contributed by atoms with Crippen molar-refractivity contribution in [3.05, 3.63) is 6.07 Å². The summed E-state index contributed by atoms with van der Waals surface area (Å²) in [5, 5.41) is 0.674. The highest BCUT2D eigenvalue weighted by Crippen LogP contribution is 2.66. The van der Waals surface area contributed by atoms with Gasteiger partial charge in [-0.2, -0.15) is 4.98 Å². The van der Waals surface area contributed by atoms with Crippen molar-refractivity contribution in [3.63, 3.8) is 0 Å². The van der Waals surface area contributed by atoms with Gasteiger partial charge < -0.3 is 10.5 Å². The lowest BCUT2D eigenvalue weighted by Gasteiger charge is -2.38. The smallest absolute Gasteiger partial charge is 0.219 e. The van der Waals surface area contributed by atoms with E-state index in [0.717, 1.165) is 12.3 Å². The summed E-state index contributed by atoms with van der Waals surface area (Å²) in [4.78, 5) is 8.60. The van der Waals surface area contributed by atoms with Gasteiger partial charge >= 0.3 is 0 Å². The van der Waals surface area contributed by atoms with E-state index in [4.69, 9.17) is 10.5 Å². The zero-order valence-corrected chi connectivity index (χ0v) is 13.5. The molecular weight excluding hydrogens is 270 g/mol. The van der Waals surface area contributed by atoms with Gasteiger partial charge in [0, 0.05) is 11.5 Å². The lowest BCUT2D eigenvalue weighted by molar-refractivity contribution is 0.0268. The first-order valence-corrected chi connectivity index (χ1v) is 8.44. The third-order valence-corrected chi connectivity index (χ3v) is 6.41. The topological polar surface area (TPSA) is 61.0 Å². The number of rotatable bonds is 3. The van der Waals surface area contributed by atoms with Crippen LogP contribution >= 0.6 is 11.8 Å². The molecule has 20 heavy (non-hydrogen) atoms. The van der Waals surface area contributed by atoms with Gasteiger partial charge in [-0.25, -0.2) is 4.98 Å². The number of nitrogen functional groups attached to an aromatic ring is 1. The number of nitrogens with two attached hydrogens (primary N) is 1. The Bertz CT molecular complexity index is 534. The Kier molecular flexibility index (Phi) is 3.16. The molecule has 1 aromatic heterocycles. The van der Waals surface area contributed by atoms with Crippen LogP contribution in [-0.4, -0.2) is 22.3 Å². The lowest BCUT2D eigenvalue weighted by Crippen LogP contribution is -2.39. The largest absolute Gasteiger partial charge is 0.474 e. The molecule has 1 aromatic rings. The van der Waals surface area contributed by atoms with E-state index in [1.54, 1.807) is 6.07 Å². The Morgan fingerprint density at radius 1 is 1.35 bits per heavy atom.